The molecule has 3 nitrogen and oxygen atoms in total. The molecule has 0 saturated carbocycles. The van der Waals surface area contributed by atoms with Crippen LogP contribution in [0.25, 0.3) is 0 Å². The third-order valence-electron chi connectivity index (χ3n) is 1.84. The molecule has 5 heteroatoms. The van der Waals surface area contributed by atoms with Crippen LogP contribution in [0.1, 0.15) is 13.8 Å². The van der Waals surface area contributed by atoms with Crippen molar-refractivity contribution >= 4 is 23.4 Å². The number of thioether (sulfide) groups is 1. The fourth-order valence-corrected chi connectivity index (χ4v) is 1.85. The number of anilines is 1. The van der Waals surface area contributed by atoms with E-state index in [4.69, 9.17) is 10.8 Å². The van der Waals surface area contributed by atoms with Crippen molar-refractivity contribution in [3.8, 4) is 0 Å². The topological polar surface area (TPSA) is 63.3 Å². The van der Waals surface area contributed by atoms with Crippen LogP contribution in [-0.4, -0.2) is 15.8 Å². The minimum atomic E-state index is -1.06. The molecule has 82 valence electrons. The molecule has 15 heavy (non-hydrogen) atoms. The number of carboxylic acid groups (broad SMARTS) is 1. The third-order valence-corrected chi connectivity index (χ3v) is 3.07. The summed E-state index contributed by atoms with van der Waals surface area (Å²) in [7, 11) is 0. The van der Waals surface area contributed by atoms with Gasteiger partial charge in [0.05, 0.1) is 0 Å². The number of nitrogen functional groups attached to an aromatic ring is 1. The van der Waals surface area contributed by atoms with Gasteiger partial charge in [0.25, 0.3) is 0 Å². The van der Waals surface area contributed by atoms with Crippen LogP contribution in [0.5, 0.6) is 0 Å². The average molecular weight is 229 g/mol. The Morgan fingerprint density at radius 3 is 2.60 bits per heavy atom. The van der Waals surface area contributed by atoms with Crippen molar-refractivity contribution in [3.05, 3.63) is 24.0 Å². The van der Waals surface area contributed by atoms with Gasteiger partial charge >= 0.3 is 5.97 Å². The smallest absolute Gasteiger partial charge is 0.319 e. The van der Waals surface area contributed by atoms with Crippen LogP contribution in [0.4, 0.5) is 10.1 Å². The highest BCUT2D eigenvalue weighted by molar-refractivity contribution is 8.01. The molecule has 0 aromatic heterocycles. The number of benzene rings is 1. The van der Waals surface area contributed by atoms with E-state index in [1.54, 1.807) is 6.07 Å². The van der Waals surface area contributed by atoms with E-state index in [2.05, 4.69) is 0 Å². The lowest BCUT2D eigenvalue weighted by atomic mass is 10.2. The monoisotopic (exact) mass is 229 g/mol. The van der Waals surface area contributed by atoms with Gasteiger partial charge in [0.2, 0.25) is 0 Å². The molecule has 0 aliphatic rings. The van der Waals surface area contributed by atoms with Crippen LogP contribution >= 0.6 is 11.8 Å². The number of rotatable bonds is 3. The van der Waals surface area contributed by atoms with Gasteiger partial charge < -0.3 is 10.8 Å². The number of halogens is 1. The van der Waals surface area contributed by atoms with Gasteiger partial charge in [-0.2, -0.15) is 0 Å². The van der Waals surface area contributed by atoms with Crippen LogP contribution in [0.15, 0.2) is 23.1 Å². The normalized spacial score (nSPS) is 11.4. The molecule has 0 amide bonds. The zero-order valence-corrected chi connectivity index (χ0v) is 9.27. The molecule has 0 radical (unpaired) electrons. The molecule has 0 spiro atoms. The van der Waals surface area contributed by atoms with Crippen molar-refractivity contribution < 1.29 is 14.3 Å². The summed E-state index contributed by atoms with van der Waals surface area (Å²) < 4.78 is 12.3. The summed E-state index contributed by atoms with van der Waals surface area (Å²) in [6.45, 7) is 3.05. The van der Waals surface area contributed by atoms with Gasteiger partial charge in [-0.15, -0.1) is 11.8 Å². The molecule has 0 aliphatic heterocycles. The highest BCUT2D eigenvalue weighted by atomic mass is 32.2. The average Bonchev–Trinajstić information content (AvgIpc) is 2.09. The van der Waals surface area contributed by atoms with Crippen molar-refractivity contribution in [2.24, 2.45) is 0 Å². The van der Waals surface area contributed by atoms with Gasteiger partial charge in [-0.1, -0.05) is 0 Å². The van der Waals surface area contributed by atoms with Crippen LogP contribution in [0.2, 0.25) is 0 Å². The molecule has 1 aromatic carbocycles. The summed E-state index contributed by atoms with van der Waals surface area (Å²) in [6, 6.07) is 4.21. The van der Waals surface area contributed by atoms with Crippen LogP contribution in [0, 0.1) is 5.82 Å². The lowest BCUT2D eigenvalue weighted by Gasteiger charge is -2.18. The number of carboxylic acids is 1. The quantitative estimate of drug-likeness (QED) is 0.617. The molecular formula is C10H12FNO2S. The Morgan fingerprint density at radius 2 is 2.13 bits per heavy atom. The zero-order valence-electron chi connectivity index (χ0n) is 8.45. The van der Waals surface area contributed by atoms with Crippen LogP contribution < -0.4 is 5.73 Å². The van der Waals surface area contributed by atoms with Crippen molar-refractivity contribution in [3.63, 3.8) is 0 Å². The van der Waals surface area contributed by atoms with Crippen molar-refractivity contribution in [1.29, 1.82) is 0 Å². The number of hydrogen-bond acceptors (Lipinski definition) is 3. The summed E-state index contributed by atoms with van der Waals surface area (Å²) in [4.78, 5) is 11.1. The Kier molecular flexibility index (Phi) is 3.24. The van der Waals surface area contributed by atoms with Gasteiger partial charge in [-0.3, -0.25) is 4.79 Å². The summed E-state index contributed by atoms with van der Waals surface area (Å²) in [6.07, 6.45) is 0. The van der Waals surface area contributed by atoms with Crippen molar-refractivity contribution in [2.45, 2.75) is 23.5 Å². The Hall–Kier alpha value is -1.23. The molecule has 0 aliphatic carbocycles. The van der Waals surface area contributed by atoms with Gasteiger partial charge in [0.1, 0.15) is 10.6 Å². The molecule has 0 fully saturated rings. The third kappa shape index (κ3) is 2.86. The number of nitrogens with two attached hydrogens (primary N) is 1. The minimum absolute atomic E-state index is 0.289. The molecular weight excluding hydrogens is 217 g/mol. The highest BCUT2D eigenvalue weighted by Crippen LogP contribution is 2.34. The fraction of sp³-hybridized carbons (Fsp3) is 0.300. The summed E-state index contributed by atoms with van der Waals surface area (Å²) in [5.74, 6) is -1.47. The van der Waals surface area contributed by atoms with E-state index >= 15 is 0 Å². The zero-order chi connectivity index (χ0) is 11.6. The molecule has 0 heterocycles. The number of aliphatic carboxylic acids is 1. The van der Waals surface area contributed by atoms with E-state index in [0.29, 0.717) is 5.69 Å². The Bertz CT molecular complexity index is 393. The lowest BCUT2D eigenvalue weighted by Crippen LogP contribution is -2.27. The fourth-order valence-electron chi connectivity index (χ4n) is 0.918. The van der Waals surface area contributed by atoms with E-state index in [-0.39, 0.29) is 4.90 Å². The molecule has 0 unspecified atom stereocenters. The van der Waals surface area contributed by atoms with Crippen molar-refractivity contribution in [1.82, 2.24) is 0 Å². The first kappa shape index (κ1) is 11.8. The Labute approximate surface area is 91.5 Å². The molecule has 1 rings (SSSR count). The standard InChI is InChI=1S/C10H12FNO2S/c1-10(2,9(13)14)15-8-4-3-6(12)5-7(8)11/h3-5H,12H2,1-2H3,(H,13,14). The van der Waals surface area contributed by atoms with Crippen molar-refractivity contribution in [2.75, 3.05) is 5.73 Å². The first-order chi connectivity index (χ1) is 6.83. The second-order valence-corrected chi connectivity index (χ2v) is 5.27. The predicted molar refractivity (Wildman–Crippen MR) is 58.4 cm³/mol. The maximum Gasteiger partial charge on any atom is 0.319 e. The SMILES string of the molecule is CC(C)(Sc1ccc(N)cc1F)C(=O)O. The largest absolute Gasteiger partial charge is 0.480 e. The van der Waals surface area contributed by atoms with E-state index in [1.807, 2.05) is 0 Å². The molecule has 1 aromatic rings. The Balaban J connectivity index is 2.95. The van der Waals surface area contributed by atoms with Gasteiger partial charge in [-0.25, -0.2) is 4.39 Å². The van der Waals surface area contributed by atoms with E-state index in [1.165, 1.54) is 26.0 Å². The lowest BCUT2D eigenvalue weighted by molar-refractivity contribution is -0.138. The maximum atomic E-state index is 13.4. The predicted octanol–water partition coefficient (Wildman–Crippen LogP) is 2.36. The highest BCUT2D eigenvalue weighted by Gasteiger charge is 2.29. The number of carbonyl (C=O) groups is 1. The van der Waals surface area contributed by atoms with E-state index in [0.717, 1.165) is 11.8 Å². The summed E-state index contributed by atoms with van der Waals surface area (Å²) in [5.41, 5.74) is 5.71. The molecule has 0 bridgehead atoms. The first-order valence-corrected chi connectivity index (χ1v) is 5.12. The Morgan fingerprint density at radius 1 is 1.53 bits per heavy atom. The van der Waals surface area contributed by atoms with Crippen LogP contribution in [-0.2, 0) is 4.79 Å². The minimum Gasteiger partial charge on any atom is -0.480 e. The molecule has 0 saturated heterocycles. The molecule has 3 N–H and O–H groups in total. The van der Waals surface area contributed by atoms with E-state index < -0.39 is 16.5 Å². The van der Waals surface area contributed by atoms with E-state index in [9.17, 15) is 9.18 Å². The maximum absolute atomic E-state index is 13.4. The first-order valence-electron chi connectivity index (χ1n) is 4.30. The number of hydrogen-bond donors (Lipinski definition) is 2. The van der Waals surface area contributed by atoms with Gasteiger partial charge in [0.15, 0.2) is 0 Å². The second-order valence-electron chi connectivity index (χ2n) is 3.61. The van der Waals surface area contributed by atoms with Gasteiger partial charge in [0, 0.05) is 10.6 Å². The van der Waals surface area contributed by atoms with Gasteiger partial charge in [-0.05, 0) is 32.0 Å². The summed E-state index contributed by atoms with van der Waals surface area (Å²) >= 11 is 0.959. The molecule has 0 atom stereocenters. The van der Waals surface area contributed by atoms with Crippen LogP contribution in [0.3, 0.4) is 0 Å². The second kappa shape index (κ2) is 4.10. The summed E-state index contributed by atoms with van der Waals surface area (Å²) in [5, 5.41) is 8.88.